The Morgan fingerprint density at radius 1 is 0.963 bits per heavy atom. The number of sulfonamides is 1. The number of alkyl halides is 3. The largest absolute Gasteiger partial charge is 0.416 e. The molecule has 0 bridgehead atoms. The van der Waals surface area contributed by atoms with Crippen LogP contribution in [0.5, 0.6) is 0 Å². The van der Waals surface area contributed by atoms with Crippen molar-refractivity contribution in [3.63, 3.8) is 0 Å². The Morgan fingerprint density at radius 3 is 2.24 bits per heavy atom. The van der Waals surface area contributed by atoms with Crippen molar-refractivity contribution in [2.45, 2.75) is 76.9 Å². The van der Waals surface area contributed by atoms with E-state index in [0.29, 0.717) is 41.8 Å². The molecule has 0 unspecified atom stereocenters. The number of nitrogens with one attached hydrogen (secondary N) is 1. The van der Waals surface area contributed by atoms with Crippen molar-refractivity contribution in [3.8, 4) is 28.8 Å². The van der Waals surface area contributed by atoms with Gasteiger partial charge in [0, 0.05) is 6.04 Å². The van der Waals surface area contributed by atoms with Crippen molar-refractivity contribution in [1.29, 1.82) is 5.26 Å². The molecule has 1 fully saturated rings. The van der Waals surface area contributed by atoms with Crippen LogP contribution in [-0.4, -0.2) is 39.4 Å². The number of amides is 1. The number of rotatable bonds is 7. The van der Waals surface area contributed by atoms with E-state index in [1.165, 1.54) is 23.0 Å². The SMILES string of the molecule is Cc1c(C[C@H]2CC[C@@H](NC(=O)n3c(-c4ccnn4-c4ccc(C#N)cc4)c(C)n(-c4cccc(C(F)(F)F)c4)c3=O)CC2)cc(S(N)(=O)=O)c(C)c1C.N. The van der Waals surface area contributed by atoms with Crippen LogP contribution in [0, 0.1) is 44.9 Å². The molecule has 1 aliphatic carbocycles. The van der Waals surface area contributed by atoms with Crippen molar-refractivity contribution < 1.29 is 26.4 Å². The molecule has 3 aromatic carbocycles. The molecule has 0 saturated heterocycles. The van der Waals surface area contributed by atoms with Gasteiger partial charge in [0.25, 0.3) is 0 Å². The number of nitriles is 1. The highest BCUT2D eigenvalue weighted by atomic mass is 32.2. The average Bonchev–Trinajstić information content (AvgIpc) is 3.69. The second-order valence-corrected chi connectivity index (χ2v) is 15.1. The Kier molecular flexibility index (Phi) is 11.1. The molecular formula is C38H41F3N8O4S. The Labute approximate surface area is 310 Å². The van der Waals surface area contributed by atoms with Crippen LogP contribution >= 0.6 is 0 Å². The van der Waals surface area contributed by atoms with E-state index < -0.39 is 33.5 Å². The highest BCUT2D eigenvalue weighted by Gasteiger charge is 2.33. The predicted molar refractivity (Wildman–Crippen MR) is 197 cm³/mol. The fourth-order valence-corrected chi connectivity index (χ4v) is 8.12. The maximum absolute atomic E-state index is 14.2. The Morgan fingerprint density at radius 2 is 1.63 bits per heavy atom. The van der Waals surface area contributed by atoms with Gasteiger partial charge in [0.05, 0.1) is 51.1 Å². The molecule has 1 saturated carbocycles. The number of hydrogen-bond acceptors (Lipinski definition) is 7. The first-order valence-electron chi connectivity index (χ1n) is 17.0. The van der Waals surface area contributed by atoms with Gasteiger partial charge < -0.3 is 11.5 Å². The number of nitrogens with zero attached hydrogens (tertiary/aromatic N) is 5. The first kappa shape index (κ1) is 39.7. The molecule has 284 valence electrons. The molecule has 0 radical (unpaired) electrons. The fraction of sp³-hybridized carbons (Fsp3) is 0.316. The molecule has 5 aromatic rings. The van der Waals surface area contributed by atoms with Gasteiger partial charge in [-0.1, -0.05) is 6.07 Å². The molecular weight excluding hydrogens is 722 g/mol. The summed E-state index contributed by atoms with van der Waals surface area (Å²) in [5, 5.41) is 22.2. The average molecular weight is 763 g/mol. The van der Waals surface area contributed by atoms with Crippen LogP contribution in [0.1, 0.15) is 64.8 Å². The zero-order valence-electron chi connectivity index (χ0n) is 30.2. The number of carbonyl (C=O) groups is 1. The molecule has 0 aliphatic heterocycles. The van der Waals surface area contributed by atoms with Gasteiger partial charge in [0.1, 0.15) is 5.69 Å². The van der Waals surface area contributed by atoms with E-state index in [1.54, 1.807) is 50.2 Å². The lowest BCUT2D eigenvalue weighted by atomic mass is 9.81. The first-order chi connectivity index (χ1) is 25.0. The highest BCUT2D eigenvalue weighted by molar-refractivity contribution is 7.89. The summed E-state index contributed by atoms with van der Waals surface area (Å²) in [6.45, 7) is 7.14. The van der Waals surface area contributed by atoms with Gasteiger partial charge in [-0.05, 0) is 143 Å². The second kappa shape index (κ2) is 15.1. The van der Waals surface area contributed by atoms with Crippen molar-refractivity contribution >= 4 is 16.1 Å². The number of primary sulfonamides is 1. The predicted octanol–water partition coefficient (Wildman–Crippen LogP) is 6.78. The topological polar surface area (TPSA) is 193 Å². The van der Waals surface area contributed by atoms with E-state index in [0.717, 1.165) is 50.8 Å². The molecule has 1 amide bonds. The summed E-state index contributed by atoms with van der Waals surface area (Å²) in [5.74, 6) is 0.210. The molecule has 16 heteroatoms. The maximum atomic E-state index is 14.2. The maximum Gasteiger partial charge on any atom is 0.416 e. The fourth-order valence-electron chi connectivity index (χ4n) is 7.24. The van der Waals surface area contributed by atoms with Crippen LogP contribution in [0.25, 0.3) is 22.8 Å². The van der Waals surface area contributed by atoms with E-state index in [9.17, 15) is 36.4 Å². The second-order valence-electron chi connectivity index (χ2n) is 13.5. The molecule has 6 rings (SSSR count). The van der Waals surface area contributed by atoms with Gasteiger partial charge in [-0.2, -0.15) is 23.5 Å². The van der Waals surface area contributed by atoms with Crippen LogP contribution < -0.4 is 22.3 Å². The van der Waals surface area contributed by atoms with E-state index in [1.807, 2.05) is 13.8 Å². The Bertz CT molecular complexity index is 2430. The number of aromatic nitrogens is 4. The Hall–Kier alpha value is -5.50. The van der Waals surface area contributed by atoms with E-state index >= 15 is 0 Å². The third-order valence-corrected chi connectivity index (χ3v) is 11.4. The van der Waals surface area contributed by atoms with E-state index in [-0.39, 0.29) is 40.1 Å². The monoisotopic (exact) mass is 762 g/mol. The summed E-state index contributed by atoms with van der Waals surface area (Å²) in [6, 6.07) is 15.1. The minimum atomic E-state index is -4.66. The Balaban J connectivity index is 0.00000561. The van der Waals surface area contributed by atoms with Crippen molar-refractivity contribution in [1.82, 2.24) is 30.4 Å². The lowest BCUT2D eigenvalue weighted by molar-refractivity contribution is -0.137. The van der Waals surface area contributed by atoms with Gasteiger partial charge >= 0.3 is 17.9 Å². The number of nitrogens with two attached hydrogens (primary N) is 1. The van der Waals surface area contributed by atoms with Crippen molar-refractivity contribution in [3.05, 3.63) is 116 Å². The number of imidazole rings is 1. The highest BCUT2D eigenvalue weighted by Crippen LogP contribution is 2.34. The van der Waals surface area contributed by atoms with Gasteiger partial charge in [0.2, 0.25) is 10.0 Å². The number of carbonyl (C=O) groups excluding carboxylic acids is 1. The van der Waals surface area contributed by atoms with Crippen LogP contribution in [-0.2, 0) is 22.6 Å². The minimum Gasteiger partial charge on any atom is -0.344 e. The molecule has 1 aliphatic rings. The molecule has 2 heterocycles. The van der Waals surface area contributed by atoms with Crippen LogP contribution in [0.15, 0.2) is 76.6 Å². The quantitative estimate of drug-likeness (QED) is 0.163. The number of benzene rings is 3. The standard InChI is InChI=1S/C38H38F3N7O4S.H3N/c1-22-23(2)28(19-34(24(22)3)53(43,51)52)18-26-8-12-30(13-9-26)45-36(49)47-35(33-16-17-44-48(33)31-14-10-27(21-42)11-15-31)25(4)46(37(47)50)32-7-5-6-29(20-32)38(39,40)41;/h5-7,10-11,14-17,19-20,26,30H,8-9,12-13,18H2,1-4H3,(H,45,49)(H2,43,51,52);1H3/t26-,30+;. The van der Waals surface area contributed by atoms with Crippen LogP contribution in [0.3, 0.4) is 0 Å². The lowest BCUT2D eigenvalue weighted by Crippen LogP contribution is -2.44. The normalized spacial score (nSPS) is 16.1. The molecule has 12 nitrogen and oxygen atoms in total. The molecule has 54 heavy (non-hydrogen) atoms. The number of hydrogen-bond donors (Lipinski definition) is 3. The van der Waals surface area contributed by atoms with E-state index in [2.05, 4.69) is 16.5 Å². The summed E-state index contributed by atoms with van der Waals surface area (Å²) < 4.78 is 69.2. The zero-order chi connectivity index (χ0) is 38.4. The van der Waals surface area contributed by atoms with Gasteiger partial charge in [-0.15, -0.1) is 0 Å². The zero-order valence-corrected chi connectivity index (χ0v) is 31.1. The first-order valence-corrected chi connectivity index (χ1v) is 18.5. The summed E-state index contributed by atoms with van der Waals surface area (Å²) in [5.41, 5.74) is 3.19. The van der Waals surface area contributed by atoms with Gasteiger partial charge in [0.15, 0.2) is 0 Å². The van der Waals surface area contributed by atoms with Crippen LogP contribution in [0.2, 0.25) is 0 Å². The van der Waals surface area contributed by atoms with Gasteiger partial charge in [-0.25, -0.2) is 32.4 Å². The molecule has 6 N–H and O–H groups in total. The summed E-state index contributed by atoms with van der Waals surface area (Å²) in [6.07, 6.45) is 0.0689. The molecule has 0 spiro atoms. The van der Waals surface area contributed by atoms with E-state index in [4.69, 9.17) is 5.14 Å². The summed E-state index contributed by atoms with van der Waals surface area (Å²) in [4.78, 5) is 28.4. The van der Waals surface area contributed by atoms with Crippen LogP contribution in [0.4, 0.5) is 18.0 Å². The lowest BCUT2D eigenvalue weighted by Gasteiger charge is -2.30. The van der Waals surface area contributed by atoms with Crippen molar-refractivity contribution in [2.75, 3.05) is 0 Å². The third kappa shape index (κ3) is 7.61. The minimum absolute atomic E-state index is 0. The summed E-state index contributed by atoms with van der Waals surface area (Å²) >= 11 is 0. The van der Waals surface area contributed by atoms with Gasteiger partial charge in [-0.3, -0.25) is 4.57 Å². The smallest absolute Gasteiger partial charge is 0.344 e. The summed E-state index contributed by atoms with van der Waals surface area (Å²) in [7, 11) is -3.90. The number of halogens is 3. The molecule has 2 aromatic heterocycles. The third-order valence-electron chi connectivity index (χ3n) is 10.3. The molecule has 0 atom stereocenters. The van der Waals surface area contributed by atoms with Crippen molar-refractivity contribution in [2.24, 2.45) is 11.1 Å².